The van der Waals surface area contributed by atoms with E-state index >= 15 is 0 Å². The van der Waals surface area contributed by atoms with E-state index in [4.69, 9.17) is 20.4 Å². The van der Waals surface area contributed by atoms with Crippen molar-refractivity contribution in [2.24, 2.45) is 0 Å². The summed E-state index contributed by atoms with van der Waals surface area (Å²) in [6, 6.07) is 0. The Hall–Kier alpha value is -1.76. The van der Waals surface area contributed by atoms with Gasteiger partial charge in [-0.25, -0.2) is 9.59 Å². The second kappa shape index (κ2) is 2.94. The molecular formula is C6H6O7. The van der Waals surface area contributed by atoms with Crippen molar-refractivity contribution < 1.29 is 34.8 Å². The van der Waals surface area contributed by atoms with Gasteiger partial charge in [-0.15, -0.1) is 0 Å². The number of esters is 1. The molecule has 7 nitrogen and oxygen atoms in total. The zero-order valence-corrected chi connectivity index (χ0v) is 6.17. The van der Waals surface area contributed by atoms with Gasteiger partial charge in [0.25, 0.3) is 0 Å². The number of rotatable bonds is 2. The van der Waals surface area contributed by atoms with Crippen molar-refractivity contribution in [1.82, 2.24) is 0 Å². The molecule has 13 heavy (non-hydrogen) atoms. The molecule has 7 heteroatoms. The summed E-state index contributed by atoms with van der Waals surface area (Å²) < 4.78 is 4.17. The van der Waals surface area contributed by atoms with Gasteiger partial charge in [0.15, 0.2) is 18.0 Å². The number of aliphatic hydroxyl groups excluding tert-OH is 3. The maximum absolute atomic E-state index is 10.5. The zero-order chi connectivity index (χ0) is 10.2. The summed E-state index contributed by atoms with van der Waals surface area (Å²) >= 11 is 0. The van der Waals surface area contributed by atoms with Gasteiger partial charge in [0.05, 0.1) is 0 Å². The van der Waals surface area contributed by atoms with Crippen LogP contribution in [0, 0.1) is 0 Å². The first-order valence-electron chi connectivity index (χ1n) is 3.19. The summed E-state index contributed by atoms with van der Waals surface area (Å²) in [5.74, 6) is -4.98. The molecule has 0 aromatic heterocycles. The van der Waals surface area contributed by atoms with E-state index in [2.05, 4.69) is 4.74 Å². The number of carbonyl (C=O) groups is 2. The minimum Gasteiger partial charge on any atom is -0.505 e. The predicted octanol–water partition coefficient (Wildman–Crippen LogP) is -1.32. The lowest BCUT2D eigenvalue weighted by Crippen LogP contribution is -2.35. The van der Waals surface area contributed by atoms with Crippen LogP contribution in [0.25, 0.3) is 0 Å². The van der Waals surface area contributed by atoms with Gasteiger partial charge >= 0.3 is 11.9 Å². The number of aliphatic hydroxyl groups is 3. The molecule has 1 aliphatic rings. The summed E-state index contributed by atoms with van der Waals surface area (Å²) in [6.07, 6.45) is -3.82. The average Bonchev–Trinajstić information content (AvgIpc) is 2.31. The second-order valence-electron chi connectivity index (χ2n) is 2.34. The third-order valence-corrected chi connectivity index (χ3v) is 1.48. The lowest BCUT2D eigenvalue weighted by Gasteiger charge is -2.12. The summed E-state index contributed by atoms with van der Waals surface area (Å²) in [5.41, 5.74) is 0. The Kier molecular flexibility index (Phi) is 2.11. The van der Waals surface area contributed by atoms with E-state index in [9.17, 15) is 9.59 Å². The molecule has 1 aliphatic heterocycles. The summed E-state index contributed by atoms with van der Waals surface area (Å²) in [4.78, 5) is 20.7. The molecule has 0 aliphatic carbocycles. The lowest BCUT2D eigenvalue weighted by molar-refractivity contribution is -0.159. The van der Waals surface area contributed by atoms with Crippen LogP contribution in [-0.4, -0.2) is 44.6 Å². The Morgan fingerprint density at radius 2 is 2.00 bits per heavy atom. The van der Waals surface area contributed by atoms with Gasteiger partial charge in [-0.05, 0) is 0 Å². The van der Waals surface area contributed by atoms with Crippen molar-refractivity contribution in [3.8, 4) is 0 Å². The quantitative estimate of drug-likeness (QED) is 0.398. The molecule has 0 unspecified atom stereocenters. The van der Waals surface area contributed by atoms with Crippen molar-refractivity contribution in [1.29, 1.82) is 0 Å². The van der Waals surface area contributed by atoms with E-state index in [1.165, 1.54) is 0 Å². The van der Waals surface area contributed by atoms with E-state index in [1.807, 2.05) is 0 Å². The molecular weight excluding hydrogens is 184 g/mol. The van der Waals surface area contributed by atoms with Crippen LogP contribution in [0.5, 0.6) is 0 Å². The maximum atomic E-state index is 10.5. The van der Waals surface area contributed by atoms with Crippen LogP contribution in [0.1, 0.15) is 0 Å². The number of carboxylic acids is 1. The number of cyclic esters (lactones) is 1. The van der Waals surface area contributed by atoms with Crippen molar-refractivity contribution in [3.05, 3.63) is 11.5 Å². The van der Waals surface area contributed by atoms with Gasteiger partial charge in [-0.3, -0.25) is 0 Å². The Morgan fingerprint density at radius 1 is 1.46 bits per heavy atom. The normalized spacial score (nSPS) is 24.4. The Morgan fingerprint density at radius 3 is 2.31 bits per heavy atom. The second-order valence-corrected chi connectivity index (χ2v) is 2.34. The van der Waals surface area contributed by atoms with Crippen LogP contribution in [0.15, 0.2) is 11.5 Å². The van der Waals surface area contributed by atoms with Gasteiger partial charge in [-0.1, -0.05) is 0 Å². The van der Waals surface area contributed by atoms with Crippen molar-refractivity contribution >= 4 is 11.9 Å². The SMILES string of the molecule is O=C1O[C@H]([C@H](O)C(=O)O)C(O)=C1O. The molecule has 72 valence electrons. The van der Waals surface area contributed by atoms with Gasteiger partial charge in [0.2, 0.25) is 5.76 Å². The fraction of sp³-hybridized carbons (Fsp3) is 0.333. The minimum absolute atomic E-state index is 0.972. The molecule has 0 bridgehead atoms. The fourth-order valence-corrected chi connectivity index (χ4v) is 0.810. The first-order valence-corrected chi connectivity index (χ1v) is 3.19. The molecule has 0 radical (unpaired) electrons. The number of hydrogen-bond acceptors (Lipinski definition) is 6. The fourth-order valence-electron chi connectivity index (χ4n) is 0.810. The van der Waals surface area contributed by atoms with E-state index in [-0.39, 0.29) is 0 Å². The Balaban J connectivity index is 2.88. The molecule has 0 saturated carbocycles. The van der Waals surface area contributed by atoms with E-state index in [0.29, 0.717) is 0 Å². The van der Waals surface area contributed by atoms with Crippen molar-refractivity contribution in [2.45, 2.75) is 12.2 Å². The molecule has 0 fully saturated rings. The van der Waals surface area contributed by atoms with Gasteiger partial charge < -0.3 is 25.2 Å². The molecule has 0 aromatic rings. The third-order valence-electron chi connectivity index (χ3n) is 1.48. The zero-order valence-electron chi connectivity index (χ0n) is 6.17. The molecule has 2 atom stereocenters. The largest absolute Gasteiger partial charge is 0.505 e. The lowest BCUT2D eigenvalue weighted by atomic mass is 10.2. The van der Waals surface area contributed by atoms with E-state index < -0.39 is 35.7 Å². The van der Waals surface area contributed by atoms with Crippen LogP contribution >= 0.6 is 0 Å². The third kappa shape index (κ3) is 1.41. The van der Waals surface area contributed by atoms with Gasteiger partial charge in [0.1, 0.15) is 0 Å². The molecule has 0 spiro atoms. The van der Waals surface area contributed by atoms with Crippen molar-refractivity contribution in [3.63, 3.8) is 0 Å². The van der Waals surface area contributed by atoms with Crippen LogP contribution in [0.4, 0.5) is 0 Å². The van der Waals surface area contributed by atoms with Gasteiger partial charge in [-0.2, -0.15) is 0 Å². The highest BCUT2D eigenvalue weighted by Crippen LogP contribution is 2.21. The van der Waals surface area contributed by atoms with Crippen LogP contribution < -0.4 is 0 Å². The van der Waals surface area contributed by atoms with Crippen LogP contribution in [0.3, 0.4) is 0 Å². The topological polar surface area (TPSA) is 124 Å². The highest BCUT2D eigenvalue weighted by atomic mass is 16.6. The molecule has 1 rings (SSSR count). The summed E-state index contributed by atoms with van der Waals surface area (Å²) in [5, 5.41) is 34.8. The number of aliphatic carboxylic acids is 1. The molecule has 0 saturated heterocycles. The molecule has 0 aromatic carbocycles. The van der Waals surface area contributed by atoms with Gasteiger partial charge in [0, 0.05) is 0 Å². The van der Waals surface area contributed by atoms with Crippen LogP contribution in [0.2, 0.25) is 0 Å². The molecule has 0 amide bonds. The Labute approximate surface area is 71.5 Å². The smallest absolute Gasteiger partial charge is 0.378 e. The first kappa shape index (κ1) is 9.33. The van der Waals surface area contributed by atoms with Crippen molar-refractivity contribution in [2.75, 3.05) is 0 Å². The maximum Gasteiger partial charge on any atom is 0.378 e. The number of ether oxygens (including phenoxy) is 1. The monoisotopic (exact) mass is 190 g/mol. The standard InChI is InChI=1S/C6H6O7/c7-1-2(8)6(12)13-4(1)3(9)5(10)11/h3-4,7-9H,(H,10,11)/t3-,4-/m0/s1. The predicted molar refractivity (Wildman–Crippen MR) is 35.8 cm³/mol. The number of carboxylic acid groups (broad SMARTS) is 1. The number of carbonyl (C=O) groups excluding carboxylic acids is 1. The van der Waals surface area contributed by atoms with E-state index in [1.54, 1.807) is 0 Å². The molecule has 1 heterocycles. The first-order chi connectivity index (χ1) is 5.95. The highest BCUT2D eigenvalue weighted by Gasteiger charge is 2.42. The van der Waals surface area contributed by atoms with Crippen LogP contribution in [-0.2, 0) is 14.3 Å². The highest BCUT2D eigenvalue weighted by molar-refractivity contribution is 5.90. The number of hydrogen-bond donors (Lipinski definition) is 4. The molecule has 4 N–H and O–H groups in total. The summed E-state index contributed by atoms with van der Waals surface area (Å²) in [6.45, 7) is 0. The Bertz CT molecular complexity index is 291. The minimum atomic E-state index is -2.09. The average molecular weight is 190 g/mol. The summed E-state index contributed by atoms with van der Waals surface area (Å²) in [7, 11) is 0. The van der Waals surface area contributed by atoms with E-state index in [0.717, 1.165) is 0 Å².